The molecule has 1 aromatic rings. The summed E-state index contributed by atoms with van der Waals surface area (Å²) in [6.07, 6.45) is 0. The van der Waals surface area contributed by atoms with E-state index in [1.165, 1.54) is 4.88 Å². The van der Waals surface area contributed by atoms with E-state index in [9.17, 15) is 0 Å². The lowest BCUT2D eigenvalue weighted by Gasteiger charge is -2.08. The van der Waals surface area contributed by atoms with Crippen LogP contribution >= 0.6 is 11.3 Å². The molecule has 2 N–H and O–H groups in total. The summed E-state index contributed by atoms with van der Waals surface area (Å²) in [6.45, 7) is 8.43. The predicted molar refractivity (Wildman–Crippen MR) is 70.3 cm³/mol. The highest BCUT2D eigenvalue weighted by Gasteiger charge is 2.02. The molecule has 0 saturated heterocycles. The van der Waals surface area contributed by atoms with Gasteiger partial charge in [0.05, 0.1) is 12.0 Å². The molecule has 0 unspecified atom stereocenters. The van der Waals surface area contributed by atoms with Crippen molar-refractivity contribution >= 4 is 11.3 Å². The van der Waals surface area contributed by atoms with Crippen molar-refractivity contribution in [3.63, 3.8) is 0 Å². The Morgan fingerprint density at radius 2 is 2.06 bits per heavy atom. The number of nitrogens with one attached hydrogen (secondary N) is 2. The maximum atomic E-state index is 5.25. The molecule has 0 atom stereocenters. The zero-order valence-corrected chi connectivity index (χ0v) is 11.2. The topological polar surface area (TPSA) is 33.3 Å². The smallest absolute Gasteiger partial charge is 0.134 e. The first-order valence-corrected chi connectivity index (χ1v) is 6.63. The monoisotopic (exact) mass is 242 g/mol. The molecule has 0 fully saturated rings. The highest BCUT2D eigenvalue weighted by Crippen LogP contribution is 2.23. The third kappa shape index (κ3) is 4.96. The summed E-state index contributed by atoms with van der Waals surface area (Å²) < 4.78 is 5.25. The molecule has 0 aromatic carbocycles. The van der Waals surface area contributed by atoms with E-state index < -0.39 is 0 Å². The lowest BCUT2D eigenvalue weighted by atomic mass is 10.2. The van der Waals surface area contributed by atoms with Crippen molar-refractivity contribution in [3.8, 4) is 5.75 Å². The molecule has 92 valence electrons. The maximum Gasteiger partial charge on any atom is 0.134 e. The van der Waals surface area contributed by atoms with E-state index in [4.69, 9.17) is 4.74 Å². The van der Waals surface area contributed by atoms with Crippen LogP contribution in [0.4, 0.5) is 0 Å². The van der Waals surface area contributed by atoms with E-state index in [2.05, 4.69) is 29.9 Å². The van der Waals surface area contributed by atoms with Crippen LogP contribution in [0.1, 0.15) is 18.7 Å². The van der Waals surface area contributed by atoms with Gasteiger partial charge in [-0.1, -0.05) is 13.8 Å². The van der Waals surface area contributed by atoms with Crippen molar-refractivity contribution in [3.05, 3.63) is 16.3 Å². The first kappa shape index (κ1) is 13.5. The standard InChI is InChI=1S/C12H22N2OS/c1-10(2)8-13-5-6-14-9-12-11(15-3)4-7-16-12/h4,7,10,13-14H,5-6,8-9H2,1-3H3. The molecule has 1 aromatic heterocycles. The van der Waals surface area contributed by atoms with Gasteiger partial charge in [0.2, 0.25) is 0 Å². The molecule has 0 saturated carbocycles. The van der Waals surface area contributed by atoms with Gasteiger partial charge in [-0.05, 0) is 23.9 Å². The minimum atomic E-state index is 0.720. The Morgan fingerprint density at radius 1 is 1.31 bits per heavy atom. The Morgan fingerprint density at radius 3 is 2.75 bits per heavy atom. The molecule has 4 heteroatoms. The molecule has 16 heavy (non-hydrogen) atoms. The van der Waals surface area contributed by atoms with Crippen molar-refractivity contribution in [2.75, 3.05) is 26.7 Å². The number of rotatable bonds is 8. The third-order valence-electron chi connectivity index (χ3n) is 2.24. The molecule has 0 radical (unpaired) electrons. The van der Waals surface area contributed by atoms with Gasteiger partial charge in [0.1, 0.15) is 5.75 Å². The molecule has 0 amide bonds. The molecule has 1 rings (SSSR count). The molecule has 0 aliphatic carbocycles. The summed E-state index contributed by atoms with van der Waals surface area (Å²) in [6, 6.07) is 2.01. The second-order valence-electron chi connectivity index (χ2n) is 4.19. The van der Waals surface area contributed by atoms with Crippen LogP contribution in [0.15, 0.2) is 11.4 Å². The largest absolute Gasteiger partial charge is 0.496 e. The molecule has 1 heterocycles. The second kappa shape index (κ2) is 7.65. The van der Waals surface area contributed by atoms with Crippen molar-refractivity contribution in [2.24, 2.45) is 5.92 Å². The average Bonchev–Trinajstić information content (AvgIpc) is 2.70. The molecular formula is C12H22N2OS. The predicted octanol–water partition coefficient (Wildman–Crippen LogP) is 2.09. The normalized spacial score (nSPS) is 11.0. The van der Waals surface area contributed by atoms with Crippen LogP contribution in [0.5, 0.6) is 5.75 Å². The zero-order chi connectivity index (χ0) is 11.8. The first-order valence-electron chi connectivity index (χ1n) is 5.75. The number of thiophene rings is 1. The summed E-state index contributed by atoms with van der Waals surface area (Å²) in [5, 5.41) is 8.87. The van der Waals surface area contributed by atoms with Gasteiger partial charge in [0.25, 0.3) is 0 Å². The SMILES string of the molecule is COc1ccsc1CNCCNCC(C)C. The van der Waals surface area contributed by atoms with Gasteiger partial charge in [-0.25, -0.2) is 0 Å². The quantitative estimate of drug-likeness (QED) is 0.685. The highest BCUT2D eigenvalue weighted by atomic mass is 32.1. The van der Waals surface area contributed by atoms with Gasteiger partial charge in [-0.3, -0.25) is 0 Å². The number of methoxy groups -OCH3 is 1. The Bertz CT molecular complexity index is 286. The van der Waals surface area contributed by atoms with Crippen LogP contribution in [-0.4, -0.2) is 26.7 Å². The molecule has 0 spiro atoms. The molecule has 0 aliphatic heterocycles. The van der Waals surface area contributed by atoms with Crippen LogP contribution in [-0.2, 0) is 6.54 Å². The number of hydrogen-bond donors (Lipinski definition) is 2. The Kier molecular flexibility index (Phi) is 6.45. The molecule has 3 nitrogen and oxygen atoms in total. The Labute approximate surface area is 102 Å². The van der Waals surface area contributed by atoms with E-state index in [0.29, 0.717) is 0 Å². The van der Waals surface area contributed by atoms with Crippen molar-refractivity contribution in [2.45, 2.75) is 20.4 Å². The Balaban J connectivity index is 2.07. The van der Waals surface area contributed by atoms with E-state index in [0.717, 1.165) is 37.8 Å². The lowest BCUT2D eigenvalue weighted by molar-refractivity contribution is 0.410. The fraction of sp³-hybridized carbons (Fsp3) is 0.667. The Hall–Kier alpha value is -0.580. The third-order valence-corrected chi connectivity index (χ3v) is 3.14. The molecular weight excluding hydrogens is 220 g/mol. The molecule has 0 bridgehead atoms. The van der Waals surface area contributed by atoms with E-state index in [1.807, 2.05) is 6.07 Å². The first-order chi connectivity index (χ1) is 7.74. The number of hydrogen-bond acceptors (Lipinski definition) is 4. The van der Waals surface area contributed by atoms with Crippen molar-refractivity contribution in [1.29, 1.82) is 0 Å². The van der Waals surface area contributed by atoms with E-state index in [1.54, 1.807) is 18.4 Å². The van der Waals surface area contributed by atoms with Gasteiger partial charge >= 0.3 is 0 Å². The van der Waals surface area contributed by atoms with Crippen LogP contribution in [0, 0.1) is 5.92 Å². The summed E-state index contributed by atoms with van der Waals surface area (Å²) in [5.74, 6) is 1.71. The van der Waals surface area contributed by atoms with Crippen molar-refractivity contribution < 1.29 is 4.74 Å². The van der Waals surface area contributed by atoms with Gasteiger partial charge in [0, 0.05) is 19.6 Å². The minimum Gasteiger partial charge on any atom is -0.496 e. The highest BCUT2D eigenvalue weighted by molar-refractivity contribution is 7.10. The fourth-order valence-corrected chi connectivity index (χ4v) is 2.22. The number of ether oxygens (including phenoxy) is 1. The second-order valence-corrected chi connectivity index (χ2v) is 5.19. The summed E-state index contributed by atoms with van der Waals surface area (Å²) in [4.78, 5) is 1.27. The van der Waals surface area contributed by atoms with Crippen LogP contribution in [0.25, 0.3) is 0 Å². The van der Waals surface area contributed by atoms with Gasteiger partial charge in [-0.2, -0.15) is 0 Å². The summed E-state index contributed by atoms with van der Waals surface area (Å²) in [7, 11) is 1.72. The maximum absolute atomic E-state index is 5.25. The summed E-state index contributed by atoms with van der Waals surface area (Å²) in [5.41, 5.74) is 0. The minimum absolute atomic E-state index is 0.720. The summed E-state index contributed by atoms with van der Waals surface area (Å²) >= 11 is 1.73. The fourth-order valence-electron chi connectivity index (χ4n) is 1.41. The van der Waals surface area contributed by atoms with Gasteiger partial charge in [-0.15, -0.1) is 11.3 Å². The van der Waals surface area contributed by atoms with E-state index >= 15 is 0 Å². The van der Waals surface area contributed by atoms with Gasteiger partial charge in [0.15, 0.2) is 0 Å². The van der Waals surface area contributed by atoms with Crippen LogP contribution < -0.4 is 15.4 Å². The van der Waals surface area contributed by atoms with Gasteiger partial charge < -0.3 is 15.4 Å². The average molecular weight is 242 g/mol. The van der Waals surface area contributed by atoms with Crippen LogP contribution in [0.2, 0.25) is 0 Å². The molecule has 0 aliphatic rings. The van der Waals surface area contributed by atoms with Crippen molar-refractivity contribution in [1.82, 2.24) is 10.6 Å². The van der Waals surface area contributed by atoms with Crippen LogP contribution in [0.3, 0.4) is 0 Å². The lowest BCUT2D eigenvalue weighted by Crippen LogP contribution is -2.29. The van der Waals surface area contributed by atoms with E-state index in [-0.39, 0.29) is 0 Å². The zero-order valence-electron chi connectivity index (χ0n) is 10.4.